The third-order valence-corrected chi connectivity index (χ3v) is 8.08. The van der Waals surface area contributed by atoms with Crippen molar-refractivity contribution < 1.29 is 24.2 Å². The summed E-state index contributed by atoms with van der Waals surface area (Å²) < 4.78 is 12.5. The number of aromatic nitrogens is 2. The van der Waals surface area contributed by atoms with Crippen LogP contribution in [0.25, 0.3) is 11.7 Å². The lowest BCUT2D eigenvalue weighted by atomic mass is 10.1. The fraction of sp³-hybridized carbons (Fsp3) is 0.269. The molecule has 0 bridgehead atoms. The molecule has 1 N–H and O–H groups in total. The van der Waals surface area contributed by atoms with Crippen LogP contribution in [-0.2, 0) is 16.1 Å². The molecular formula is C26H23N5O6S2. The Bertz CT molecular complexity index is 1600. The number of hydrogen-bond donors (Lipinski definition) is 1. The van der Waals surface area contributed by atoms with Gasteiger partial charge in [-0.25, -0.2) is 4.98 Å². The number of aliphatic carboxylic acids is 1. The highest BCUT2D eigenvalue weighted by molar-refractivity contribution is 8.26. The zero-order chi connectivity index (χ0) is 27.1. The Hall–Kier alpha value is -3.94. The minimum atomic E-state index is -1.17. The third kappa shape index (κ3) is 4.95. The molecule has 13 heteroatoms. The molecule has 2 saturated heterocycles. The number of carbonyl (C=O) groups is 2. The number of pyridine rings is 1. The van der Waals surface area contributed by atoms with Gasteiger partial charge >= 0.3 is 5.97 Å². The van der Waals surface area contributed by atoms with Crippen molar-refractivity contribution in [1.82, 2.24) is 19.2 Å². The number of amides is 1. The lowest BCUT2D eigenvalue weighted by molar-refractivity contribution is -0.140. The quantitative estimate of drug-likeness (QED) is 0.350. The first-order valence-corrected chi connectivity index (χ1v) is 13.4. The van der Waals surface area contributed by atoms with Gasteiger partial charge in [-0.2, -0.15) is 0 Å². The lowest BCUT2D eigenvalue weighted by Gasteiger charge is -2.36. The molecule has 0 aliphatic carbocycles. The number of fused-ring (bicyclic) bond motifs is 2. The van der Waals surface area contributed by atoms with Gasteiger partial charge in [0.05, 0.1) is 10.5 Å². The maximum absolute atomic E-state index is 13.6. The van der Waals surface area contributed by atoms with Crippen molar-refractivity contribution in [1.29, 1.82) is 0 Å². The van der Waals surface area contributed by atoms with E-state index in [1.54, 1.807) is 18.3 Å². The van der Waals surface area contributed by atoms with E-state index in [0.717, 1.165) is 53.4 Å². The minimum Gasteiger partial charge on any atom is -0.480 e. The highest BCUT2D eigenvalue weighted by Gasteiger charge is 2.34. The van der Waals surface area contributed by atoms with Gasteiger partial charge in [0.25, 0.3) is 11.5 Å². The molecule has 1 aromatic carbocycles. The number of anilines is 1. The molecule has 0 atom stereocenters. The van der Waals surface area contributed by atoms with E-state index >= 15 is 0 Å². The molecule has 0 spiro atoms. The van der Waals surface area contributed by atoms with E-state index in [4.69, 9.17) is 31.8 Å². The Balaban J connectivity index is 1.27. The average Bonchev–Trinajstić information content (AvgIpc) is 3.50. The van der Waals surface area contributed by atoms with Crippen molar-refractivity contribution in [2.45, 2.75) is 6.54 Å². The van der Waals surface area contributed by atoms with Crippen LogP contribution in [-0.4, -0.2) is 80.0 Å². The fourth-order valence-corrected chi connectivity index (χ4v) is 6.01. The van der Waals surface area contributed by atoms with Crippen LogP contribution in [0, 0.1) is 0 Å². The zero-order valence-corrected chi connectivity index (χ0v) is 22.2. The van der Waals surface area contributed by atoms with Gasteiger partial charge < -0.3 is 19.5 Å². The number of carboxylic acids is 1. The Morgan fingerprint density at radius 3 is 2.69 bits per heavy atom. The molecule has 0 radical (unpaired) electrons. The highest BCUT2D eigenvalue weighted by atomic mass is 32.2. The van der Waals surface area contributed by atoms with Crippen molar-refractivity contribution >= 4 is 57.7 Å². The van der Waals surface area contributed by atoms with E-state index in [-0.39, 0.29) is 27.1 Å². The van der Waals surface area contributed by atoms with E-state index < -0.39 is 18.4 Å². The molecule has 6 rings (SSSR count). The van der Waals surface area contributed by atoms with Crippen LogP contribution in [0.2, 0.25) is 0 Å². The standard InChI is InChI=1S/C26H23N5O6S2/c32-22(33)14-31-25(35)20(39-26(31)38)12-17-23(27-21-3-1-2-6-30(21)24(17)34)29-9-7-28(8-10-29)13-16-4-5-18-19(11-16)37-15-36-18/h1-6,11-12H,7-10,13-15H2,(H,32,33). The van der Waals surface area contributed by atoms with E-state index in [0.29, 0.717) is 24.6 Å². The lowest BCUT2D eigenvalue weighted by Crippen LogP contribution is -2.47. The van der Waals surface area contributed by atoms with Crippen molar-refractivity contribution in [2.75, 3.05) is 44.4 Å². The Kier molecular flexibility index (Phi) is 6.71. The average molecular weight is 566 g/mol. The summed E-state index contributed by atoms with van der Waals surface area (Å²) in [5.74, 6) is 0.288. The van der Waals surface area contributed by atoms with Crippen molar-refractivity contribution in [3.63, 3.8) is 0 Å². The molecule has 39 heavy (non-hydrogen) atoms. The number of carbonyl (C=O) groups excluding carboxylic acids is 1. The number of ether oxygens (including phenoxy) is 2. The Morgan fingerprint density at radius 1 is 1.10 bits per heavy atom. The van der Waals surface area contributed by atoms with Crippen LogP contribution < -0.4 is 19.9 Å². The van der Waals surface area contributed by atoms with E-state index in [1.165, 1.54) is 10.5 Å². The van der Waals surface area contributed by atoms with Gasteiger partial charge in [-0.05, 0) is 35.9 Å². The molecular weight excluding hydrogens is 542 g/mol. The molecule has 3 aliphatic rings. The molecule has 200 valence electrons. The Morgan fingerprint density at radius 2 is 1.90 bits per heavy atom. The molecule has 2 aromatic heterocycles. The molecule has 3 aromatic rings. The summed E-state index contributed by atoms with van der Waals surface area (Å²) >= 11 is 6.21. The van der Waals surface area contributed by atoms with E-state index in [2.05, 4.69) is 4.90 Å². The first-order valence-electron chi connectivity index (χ1n) is 12.2. The number of thioether (sulfide) groups is 1. The molecule has 5 heterocycles. The van der Waals surface area contributed by atoms with Gasteiger partial charge in [-0.1, -0.05) is 36.1 Å². The number of rotatable bonds is 6. The van der Waals surface area contributed by atoms with Crippen molar-refractivity contribution in [3.8, 4) is 11.5 Å². The van der Waals surface area contributed by atoms with E-state index in [1.807, 2.05) is 29.2 Å². The van der Waals surface area contributed by atoms with E-state index in [9.17, 15) is 14.4 Å². The summed E-state index contributed by atoms with van der Waals surface area (Å²) in [6.07, 6.45) is 3.12. The van der Waals surface area contributed by atoms with Crippen LogP contribution >= 0.6 is 24.0 Å². The van der Waals surface area contributed by atoms with Gasteiger partial charge in [-0.15, -0.1) is 0 Å². The summed E-state index contributed by atoms with van der Waals surface area (Å²) in [5, 5.41) is 9.15. The topological polar surface area (TPSA) is 117 Å². The fourth-order valence-electron chi connectivity index (χ4n) is 4.78. The Labute approximate surface area is 232 Å². The number of hydrogen-bond acceptors (Lipinski definition) is 10. The summed E-state index contributed by atoms with van der Waals surface area (Å²) in [7, 11) is 0. The van der Waals surface area contributed by atoms with Crippen LogP contribution in [0.5, 0.6) is 11.5 Å². The second-order valence-electron chi connectivity index (χ2n) is 9.20. The van der Waals surface area contributed by atoms with Gasteiger partial charge in [0.15, 0.2) is 11.5 Å². The number of piperazine rings is 1. The monoisotopic (exact) mass is 565 g/mol. The smallest absolute Gasteiger partial charge is 0.323 e. The van der Waals surface area contributed by atoms with Gasteiger partial charge in [0.1, 0.15) is 22.3 Å². The highest BCUT2D eigenvalue weighted by Crippen LogP contribution is 2.34. The van der Waals surface area contributed by atoms with Crippen LogP contribution in [0.3, 0.4) is 0 Å². The first-order chi connectivity index (χ1) is 18.9. The van der Waals surface area contributed by atoms with Crippen LogP contribution in [0.1, 0.15) is 11.1 Å². The molecule has 2 fully saturated rings. The number of thiocarbonyl (C=S) groups is 1. The maximum atomic E-state index is 13.6. The zero-order valence-electron chi connectivity index (χ0n) is 20.6. The van der Waals surface area contributed by atoms with Crippen molar-refractivity contribution in [2.24, 2.45) is 0 Å². The molecule has 3 aliphatic heterocycles. The molecule has 1 amide bonds. The predicted octanol–water partition coefficient (Wildman–Crippen LogP) is 2.03. The maximum Gasteiger partial charge on any atom is 0.323 e. The second-order valence-corrected chi connectivity index (χ2v) is 10.9. The summed E-state index contributed by atoms with van der Waals surface area (Å²) in [5.41, 5.74) is 1.57. The minimum absolute atomic E-state index is 0.140. The van der Waals surface area contributed by atoms with Crippen LogP contribution in [0.15, 0.2) is 52.3 Å². The largest absolute Gasteiger partial charge is 0.480 e. The van der Waals surface area contributed by atoms with Crippen molar-refractivity contribution in [3.05, 3.63) is 69.0 Å². The molecule has 0 unspecified atom stereocenters. The van der Waals surface area contributed by atoms with Crippen LogP contribution in [0.4, 0.5) is 5.82 Å². The van der Waals surface area contributed by atoms with Gasteiger partial charge in [0, 0.05) is 38.9 Å². The first kappa shape index (κ1) is 25.3. The van der Waals surface area contributed by atoms with Gasteiger partial charge in [0.2, 0.25) is 6.79 Å². The number of carboxylic acid groups (broad SMARTS) is 1. The normalized spacial score (nSPS) is 18.5. The number of benzene rings is 1. The predicted molar refractivity (Wildman–Crippen MR) is 149 cm³/mol. The second kappa shape index (κ2) is 10.3. The summed E-state index contributed by atoms with van der Waals surface area (Å²) in [4.78, 5) is 48.1. The molecule has 0 saturated carbocycles. The SMILES string of the molecule is O=C(O)CN1C(=O)C(=Cc2c(N3CCN(Cc4ccc5c(c4)OCO5)CC3)nc3ccccn3c2=O)SC1=S. The third-order valence-electron chi connectivity index (χ3n) is 6.71. The number of nitrogens with zero attached hydrogens (tertiary/aromatic N) is 5. The summed E-state index contributed by atoms with van der Waals surface area (Å²) in [6.45, 7) is 3.19. The molecule has 11 nitrogen and oxygen atoms in total. The summed E-state index contributed by atoms with van der Waals surface area (Å²) in [6, 6.07) is 11.3. The van der Waals surface area contributed by atoms with Gasteiger partial charge in [-0.3, -0.25) is 28.6 Å².